The first-order valence-corrected chi connectivity index (χ1v) is 5.95. The summed E-state index contributed by atoms with van der Waals surface area (Å²) in [5.74, 6) is 2.36. The number of aliphatic carboxylic acids is 1. The molecule has 2 unspecified atom stereocenters. The van der Waals surface area contributed by atoms with Gasteiger partial charge in [-0.25, -0.2) is 0 Å². The van der Waals surface area contributed by atoms with Gasteiger partial charge in [-0.05, 0) is 19.1 Å². The van der Waals surface area contributed by atoms with Crippen molar-refractivity contribution < 1.29 is 14.3 Å². The highest BCUT2D eigenvalue weighted by atomic mass is 32.2. The van der Waals surface area contributed by atoms with Gasteiger partial charge in [-0.3, -0.25) is 10.1 Å². The fraction of sp³-hybridized carbons (Fsp3) is 0.500. The Morgan fingerprint density at radius 2 is 2.40 bits per heavy atom. The molecule has 5 heteroatoms. The molecule has 1 aromatic heterocycles. The molecule has 2 atom stereocenters. The molecule has 4 nitrogen and oxygen atoms in total. The van der Waals surface area contributed by atoms with E-state index >= 15 is 0 Å². The van der Waals surface area contributed by atoms with Gasteiger partial charge in [0, 0.05) is 11.5 Å². The van der Waals surface area contributed by atoms with Crippen molar-refractivity contribution in [2.24, 2.45) is 0 Å². The van der Waals surface area contributed by atoms with Crippen molar-refractivity contribution in [2.45, 2.75) is 19.0 Å². The van der Waals surface area contributed by atoms with Crippen LogP contribution in [-0.2, 0) is 4.79 Å². The van der Waals surface area contributed by atoms with Gasteiger partial charge in [0.05, 0.1) is 6.04 Å². The van der Waals surface area contributed by atoms with E-state index in [1.54, 1.807) is 11.8 Å². The second kappa shape index (κ2) is 4.28. The van der Waals surface area contributed by atoms with Crippen LogP contribution in [0, 0.1) is 6.92 Å². The van der Waals surface area contributed by atoms with Gasteiger partial charge in [0.25, 0.3) is 0 Å². The average Bonchev–Trinajstić information content (AvgIpc) is 2.65. The summed E-state index contributed by atoms with van der Waals surface area (Å²) in [7, 11) is 0. The normalized spacial score (nSPS) is 26.5. The molecule has 2 heterocycles. The van der Waals surface area contributed by atoms with E-state index in [0.717, 1.165) is 17.3 Å². The smallest absolute Gasteiger partial charge is 0.321 e. The molecular weight excluding hydrogens is 214 g/mol. The maximum Gasteiger partial charge on any atom is 0.321 e. The van der Waals surface area contributed by atoms with Crippen LogP contribution < -0.4 is 5.32 Å². The summed E-state index contributed by atoms with van der Waals surface area (Å²) >= 11 is 1.64. The number of thioether (sulfide) groups is 1. The van der Waals surface area contributed by atoms with Crippen LogP contribution in [0.15, 0.2) is 16.5 Å². The number of hydrogen-bond donors (Lipinski definition) is 2. The summed E-state index contributed by atoms with van der Waals surface area (Å²) in [5.41, 5.74) is 0. The lowest BCUT2D eigenvalue weighted by molar-refractivity contribution is -0.139. The van der Waals surface area contributed by atoms with Crippen molar-refractivity contribution in [3.63, 3.8) is 0 Å². The highest BCUT2D eigenvalue weighted by molar-refractivity contribution is 7.99. The van der Waals surface area contributed by atoms with Crippen LogP contribution in [0.5, 0.6) is 0 Å². The van der Waals surface area contributed by atoms with Crippen LogP contribution in [0.1, 0.15) is 17.6 Å². The maximum absolute atomic E-state index is 10.8. The van der Waals surface area contributed by atoms with Gasteiger partial charge in [0.15, 0.2) is 0 Å². The standard InChI is InChI=1S/C10H13NO3S/c1-6-2-3-9(14-6)7-4-15-5-8(11-7)10(12)13/h2-3,7-8,11H,4-5H2,1H3,(H,12,13). The van der Waals surface area contributed by atoms with E-state index < -0.39 is 12.0 Å². The summed E-state index contributed by atoms with van der Waals surface area (Å²) in [4.78, 5) is 10.8. The van der Waals surface area contributed by atoms with E-state index in [4.69, 9.17) is 9.52 Å². The number of carboxylic acid groups (broad SMARTS) is 1. The van der Waals surface area contributed by atoms with E-state index in [-0.39, 0.29) is 6.04 Å². The first-order chi connectivity index (χ1) is 7.16. The molecule has 0 spiro atoms. The van der Waals surface area contributed by atoms with E-state index in [2.05, 4.69) is 5.32 Å². The molecule has 0 saturated carbocycles. The Labute approximate surface area is 92.0 Å². The van der Waals surface area contributed by atoms with Crippen molar-refractivity contribution in [3.8, 4) is 0 Å². The van der Waals surface area contributed by atoms with Crippen molar-refractivity contribution in [1.82, 2.24) is 5.32 Å². The van der Waals surface area contributed by atoms with E-state index in [1.807, 2.05) is 19.1 Å². The highest BCUT2D eigenvalue weighted by Gasteiger charge is 2.28. The topological polar surface area (TPSA) is 62.5 Å². The third-order valence-electron chi connectivity index (χ3n) is 2.37. The Morgan fingerprint density at radius 3 is 3.00 bits per heavy atom. The van der Waals surface area contributed by atoms with Crippen molar-refractivity contribution in [3.05, 3.63) is 23.7 Å². The third-order valence-corrected chi connectivity index (χ3v) is 3.51. The van der Waals surface area contributed by atoms with E-state index in [9.17, 15) is 4.79 Å². The lowest BCUT2D eigenvalue weighted by Crippen LogP contribution is -2.45. The van der Waals surface area contributed by atoms with E-state index in [0.29, 0.717) is 5.75 Å². The molecule has 0 aromatic carbocycles. The predicted octanol–water partition coefficient (Wildman–Crippen LogP) is 1.42. The summed E-state index contributed by atoms with van der Waals surface area (Å²) in [6, 6.07) is 3.34. The number of furan rings is 1. The van der Waals surface area contributed by atoms with Gasteiger partial charge in [-0.15, -0.1) is 0 Å². The number of carboxylic acids is 1. The summed E-state index contributed by atoms with van der Waals surface area (Å²) in [5, 5.41) is 12.0. The fourth-order valence-electron chi connectivity index (χ4n) is 1.59. The summed E-state index contributed by atoms with van der Waals surface area (Å²) in [6.07, 6.45) is 0. The summed E-state index contributed by atoms with van der Waals surface area (Å²) in [6.45, 7) is 1.88. The Bertz CT molecular complexity index is 363. The van der Waals surface area contributed by atoms with Crippen LogP contribution in [0.4, 0.5) is 0 Å². The number of aryl methyl sites for hydroxylation is 1. The zero-order chi connectivity index (χ0) is 10.8. The minimum atomic E-state index is -0.796. The van der Waals surface area contributed by atoms with Crippen LogP contribution >= 0.6 is 11.8 Å². The Morgan fingerprint density at radius 1 is 1.60 bits per heavy atom. The van der Waals surface area contributed by atoms with Gasteiger partial charge in [-0.2, -0.15) is 11.8 Å². The molecule has 15 heavy (non-hydrogen) atoms. The Balaban J connectivity index is 2.07. The third kappa shape index (κ3) is 2.35. The molecule has 1 aliphatic rings. The monoisotopic (exact) mass is 227 g/mol. The Hall–Kier alpha value is -0.940. The maximum atomic E-state index is 10.8. The number of nitrogens with one attached hydrogen (secondary N) is 1. The quantitative estimate of drug-likeness (QED) is 0.800. The van der Waals surface area contributed by atoms with E-state index in [1.165, 1.54) is 0 Å². The molecule has 0 aliphatic carbocycles. The molecule has 1 fully saturated rings. The molecule has 1 saturated heterocycles. The largest absolute Gasteiger partial charge is 0.480 e. The predicted molar refractivity (Wildman–Crippen MR) is 58.1 cm³/mol. The second-order valence-electron chi connectivity index (χ2n) is 3.60. The zero-order valence-electron chi connectivity index (χ0n) is 8.40. The van der Waals surface area contributed by atoms with Crippen LogP contribution in [0.25, 0.3) is 0 Å². The van der Waals surface area contributed by atoms with Gasteiger partial charge >= 0.3 is 5.97 Å². The average molecular weight is 227 g/mol. The molecule has 2 rings (SSSR count). The van der Waals surface area contributed by atoms with Gasteiger partial charge in [-0.1, -0.05) is 0 Å². The number of hydrogen-bond acceptors (Lipinski definition) is 4. The first kappa shape index (κ1) is 10.6. The molecule has 0 bridgehead atoms. The number of carbonyl (C=O) groups is 1. The molecule has 1 aromatic rings. The Kier molecular flexibility index (Phi) is 3.02. The molecule has 1 aliphatic heterocycles. The van der Waals surface area contributed by atoms with Crippen LogP contribution in [-0.4, -0.2) is 28.6 Å². The molecule has 0 amide bonds. The van der Waals surface area contributed by atoms with Crippen LogP contribution in [0.3, 0.4) is 0 Å². The molecule has 82 valence electrons. The van der Waals surface area contributed by atoms with Crippen molar-refractivity contribution >= 4 is 17.7 Å². The van der Waals surface area contributed by atoms with Gasteiger partial charge in [0.1, 0.15) is 17.6 Å². The van der Waals surface area contributed by atoms with Crippen LogP contribution in [0.2, 0.25) is 0 Å². The van der Waals surface area contributed by atoms with Gasteiger partial charge < -0.3 is 9.52 Å². The fourth-order valence-corrected chi connectivity index (χ4v) is 2.70. The minimum Gasteiger partial charge on any atom is -0.480 e. The zero-order valence-corrected chi connectivity index (χ0v) is 9.21. The van der Waals surface area contributed by atoms with Crippen molar-refractivity contribution in [1.29, 1.82) is 0 Å². The van der Waals surface area contributed by atoms with Gasteiger partial charge in [0.2, 0.25) is 0 Å². The molecular formula is C10H13NO3S. The summed E-state index contributed by atoms with van der Waals surface area (Å²) < 4.78 is 5.48. The SMILES string of the molecule is Cc1ccc(C2CSCC(C(=O)O)N2)o1. The number of rotatable bonds is 2. The lowest BCUT2D eigenvalue weighted by Gasteiger charge is -2.26. The first-order valence-electron chi connectivity index (χ1n) is 4.80. The second-order valence-corrected chi connectivity index (χ2v) is 4.67. The molecule has 2 N–H and O–H groups in total. The minimum absolute atomic E-state index is 0.0125. The van der Waals surface area contributed by atoms with Crippen molar-refractivity contribution in [2.75, 3.05) is 11.5 Å². The highest BCUT2D eigenvalue weighted by Crippen LogP contribution is 2.25. The molecule has 0 radical (unpaired) electrons. The lowest BCUT2D eigenvalue weighted by atomic mass is 10.2.